The fourth-order valence-corrected chi connectivity index (χ4v) is 3.76. The maximum absolute atomic E-state index is 12.6. The van der Waals surface area contributed by atoms with E-state index in [1.165, 1.54) is 0 Å². The largest absolute Gasteiger partial charge is 0.467 e. The predicted octanol–water partition coefficient (Wildman–Crippen LogP) is 2.79. The third-order valence-corrected chi connectivity index (χ3v) is 5.73. The summed E-state index contributed by atoms with van der Waals surface area (Å²) >= 11 is 0. The summed E-state index contributed by atoms with van der Waals surface area (Å²) in [6.07, 6.45) is 7.10. The molecule has 3 N–H and O–H groups in total. The maximum atomic E-state index is 12.6. The van der Waals surface area contributed by atoms with Crippen LogP contribution >= 0.6 is 0 Å². The Bertz CT molecular complexity index is 1400. The number of aromatic nitrogens is 2. The molecule has 1 saturated heterocycles. The van der Waals surface area contributed by atoms with E-state index in [2.05, 4.69) is 26.2 Å². The van der Waals surface area contributed by atoms with Gasteiger partial charge in [0.15, 0.2) is 0 Å². The molecule has 13 nitrogen and oxygen atoms in total. The number of nitrogens with one attached hydrogen (secondary N) is 3. The fraction of sp³-hybridized carbons (Fsp3) is 0.192. The number of hydrogen-bond donors (Lipinski definition) is 3. The van der Waals surface area contributed by atoms with Crippen molar-refractivity contribution >= 4 is 23.8 Å². The number of hydrazine groups is 1. The molecule has 13 heteroatoms. The van der Waals surface area contributed by atoms with Gasteiger partial charge in [0, 0.05) is 31.0 Å². The van der Waals surface area contributed by atoms with Gasteiger partial charge in [-0.25, -0.2) is 9.80 Å². The number of rotatable bonds is 10. The van der Waals surface area contributed by atoms with Crippen molar-refractivity contribution in [2.75, 3.05) is 18.2 Å². The lowest BCUT2D eigenvalue weighted by Crippen LogP contribution is -2.69. The molecular weight excluding hydrogens is 508 g/mol. The number of carbonyl (C=O) groups excluding carboxylic acids is 3. The highest BCUT2D eigenvalue weighted by molar-refractivity contribution is 6.21. The second-order valence-electron chi connectivity index (χ2n) is 8.31. The molecule has 3 heterocycles. The van der Waals surface area contributed by atoms with Crippen LogP contribution in [0.3, 0.4) is 0 Å². The van der Waals surface area contributed by atoms with E-state index < -0.39 is 23.4 Å². The van der Waals surface area contributed by atoms with Crippen molar-refractivity contribution < 1.29 is 33.1 Å². The first kappa shape index (κ1) is 25.5. The van der Waals surface area contributed by atoms with E-state index >= 15 is 0 Å². The Balaban J connectivity index is 1.24. The van der Waals surface area contributed by atoms with Crippen molar-refractivity contribution in [3.63, 3.8) is 0 Å². The zero-order chi connectivity index (χ0) is 27.2. The summed E-state index contributed by atoms with van der Waals surface area (Å²) in [6.45, 7) is 2.26. The van der Waals surface area contributed by atoms with Crippen LogP contribution < -0.4 is 30.5 Å². The summed E-state index contributed by atoms with van der Waals surface area (Å²) in [5, 5.41) is 9.76. The van der Waals surface area contributed by atoms with Crippen molar-refractivity contribution in [2.45, 2.75) is 18.9 Å². The summed E-state index contributed by atoms with van der Waals surface area (Å²) < 4.78 is 22.4. The monoisotopic (exact) mass is 532 g/mol. The molecule has 0 aliphatic carbocycles. The Hall–Kier alpha value is -5.17. The van der Waals surface area contributed by atoms with Crippen LogP contribution in [-0.2, 0) is 14.3 Å². The van der Waals surface area contributed by atoms with Crippen LogP contribution in [0.2, 0.25) is 0 Å². The minimum Gasteiger partial charge on any atom is -0.467 e. The van der Waals surface area contributed by atoms with E-state index in [-0.39, 0.29) is 18.8 Å². The summed E-state index contributed by atoms with van der Waals surface area (Å²) in [4.78, 5) is 41.2. The molecule has 5 rings (SSSR count). The minimum atomic E-state index is -1.95. The molecule has 0 radical (unpaired) electrons. The Labute approximate surface area is 222 Å². The smallest absolute Gasteiger partial charge is 0.328 e. The number of barbiturate groups is 1. The SMILES string of the molecule is CCOCCC1(Oc2ccc(Oc3ccc(-c4nc(N5C=CC=CN5)no4)cc3)cc2)C(=O)NC(=O)NC1=O. The van der Waals surface area contributed by atoms with Crippen LogP contribution in [-0.4, -0.2) is 46.8 Å². The lowest BCUT2D eigenvalue weighted by Gasteiger charge is -2.34. The maximum Gasteiger partial charge on any atom is 0.328 e. The average Bonchev–Trinajstić information content (AvgIpc) is 3.44. The highest BCUT2D eigenvalue weighted by atomic mass is 16.5. The number of anilines is 1. The summed E-state index contributed by atoms with van der Waals surface area (Å²) in [5.74, 6) is 0.268. The summed E-state index contributed by atoms with van der Waals surface area (Å²) in [6, 6.07) is 12.5. The minimum absolute atomic E-state index is 0.0805. The standard InChI is InChI=1S/C26H24N6O7/c1-2-36-16-13-26(22(33)29-25(35)30-23(26)34)38-20-11-9-19(10-12-20)37-18-7-5-17(6-8-18)21-28-24(31-39-21)32-15-4-3-14-27-32/h3-12,14-15,27H,2,13,16H2,1H3,(H2,29,30,33,34,35). The Morgan fingerprint density at radius 1 is 0.923 bits per heavy atom. The number of ether oxygens (including phenoxy) is 3. The van der Waals surface area contributed by atoms with Gasteiger partial charge in [0.05, 0.1) is 6.61 Å². The number of benzene rings is 2. The number of allylic oxidation sites excluding steroid dienone is 2. The second-order valence-corrected chi connectivity index (χ2v) is 8.31. The van der Waals surface area contributed by atoms with Gasteiger partial charge < -0.3 is 18.7 Å². The first-order valence-corrected chi connectivity index (χ1v) is 12.0. The van der Waals surface area contributed by atoms with Gasteiger partial charge in [-0.05, 0) is 72.8 Å². The molecule has 39 heavy (non-hydrogen) atoms. The van der Waals surface area contributed by atoms with Gasteiger partial charge in [-0.1, -0.05) is 0 Å². The Morgan fingerprint density at radius 2 is 1.59 bits per heavy atom. The van der Waals surface area contributed by atoms with Crippen molar-refractivity contribution in [3.8, 4) is 28.7 Å². The van der Waals surface area contributed by atoms with Gasteiger partial charge in [0.25, 0.3) is 29.3 Å². The molecule has 3 aromatic rings. The van der Waals surface area contributed by atoms with E-state index in [1.54, 1.807) is 72.9 Å². The van der Waals surface area contributed by atoms with Gasteiger partial charge in [-0.15, -0.1) is 0 Å². The van der Waals surface area contributed by atoms with Crippen LogP contribution in [0.1, 0.15) is 13.3 Å². The van der Waals surface area contributed by atoms with Crippen molar-refractivity contribution in [1.29, 1.82) is 0 Å². The van der Waals surface area contributed by atoms with Gasteiger partial charge in [0.1, 0.15) is 17.2 Å². The van der Waals surface area contributed by atoms with Crippen LogP contribution in [0.5, 0.6) is 17.2 Å². The molecule has 0 spiro atoms. The lowest BCUT2D eigenvalue weighted by atomic mass is 9.95. The van der Waals surface area contributed by atoms with E-state index in [1.807, 2.05) is 12.2 Å². The van der Waals surface area contributed by atoms with Gasteiger partial charge >= 0.3 is 6.03 Å². The molecule has 1 aromatic heterocycles. The quantitative estimate of drug-likeness (QED) is 0.260. The summed E-state index contributed by atoms with van der Waals surface area (Å²) in [7, 11) is 0. The third kappa shape index (κ3) is 5.57. The molecule has 200 valence electrons. The van der Waals surface area contributed by atoms with E-state index in [4.69, 9.17) is 18.7 Å². The molecule has 0 atom stereocenters. The zero-order valence-electron chi connectivity index (χ0n) is 20.7. The summed E-state index contributed by atoms with van der Waals surface area (Å²) in [5.41, 5.74) is 1.73. The van der Waals surface area contributed by atoms with Gasteiger partial charge in [-0.2, -0.15) is 4.98 Å². The molecule has 4 amide bonds. The van der Waals surface area contributed by atoms with E-state index in [0.717, 1.165) is 0 Å². The first-order valence-electron chi connectivity index (χ1n) is 12.0. The number of urea groups is 1. The predicted molar refractivity (Wildman–Crippen MR) is 136 cm³/mol. The van der Waals surface area contributed by atoms with Crippen molar-refractivity contribution in [1.82, 2.24) is 26.2 Å². The van der Waals surface area contributed by atoms with Crippen molar-refractivity contribution in [3.05, 3.63) is 73.1 Å². The van der Waals surface area contributed by atoms with Crippen LogP contribution in [0.15, 0.2) is 77.6 Å². The Kier molecular flexibility index (Phi) is 7.23. The molecule has 2 aliphatic heterocycles. The van der Waals surface area contributed by atoms with Crippen molar-refractivity contribution in [2.24, 2.45) is 0 Å². The molecule has 0 bridgehead atoms. The highest BCUT2D eigenvalue weighted by Crippen LogP contribution is 2.30. The highest BCUT2D eigenvalue weighted by Gasteiger charge is 2.52. The molecule has 2 aliphatic rings. The van der Waals surface area contributed by atoms with Gasteiger partial charge in [-0.3, -0.25) is 25.6 Å². The van der Waals surface area contributed by atoms with Crippen LogP contribution in [0.4, 0.5) is 10.7 Å². The number of imide groups is 2. The second kappa shape index (κ2) is 11.1. The number of carbonyl (C=O) groups is 3. The van der Waals surface area contributed by atoms with Crippen LogP contribution in [0, 0.1) is 0 Å². The lowest BCUT2D eigenvalue weighted by molar-refractivity contribution is -0.153. The number of nitrogens with zero attached hydrogens (tertiary/aromatic N) is 3. The van der Waals surface area contributed by atoms with E-state index in [9.17, 15) is 14.4 Å². The number of hydrogen-bond acceptors (Lipinski definition) is 11. The molecular formula is C26H24N6O7. The zero-order valence-corrected chi connectivity index (χ0v) is 20.7. The normalized spacial score (nSPS) is 15.9. The number of amides is 4. The molecule has 2 aromatic carbocycles. The first-order chi connectivity index (χ1) is 19.0. The average molecular weight is 533 g/mol. The Morgan fingerprint density at radius 3 is 2.23 bits per heavy atom. The molecule has 1 fully saturated rings. The fourth-order valence-electron chi connectivity index (χ4n) is 3.76. The third-order valence-electron chi connectivity index (χ3n) is 5.73. The van der Waals surface area contributed by atoms with Crippen LogP contribution in [0.25, 0.3) is 11.5 Å². The van der Waals surface area contributed by atoms with Gasteiger partial charge in [0.2, 0.25) is 0 Å². The van der Waals surface area contributed by atoms with E-state index in [0.29, 0.717) is 35.5 Å². The topological polar surface area (TPSA) is 157 Å². The molecule has 0 saturated carbocycles. The molecule has 0 unspecified atom stereocenters.